The van der Waals surface area contributed by atoms with E-state index in [1.54, 1.807) is 11.3 Å². The highest BCUT2D eigenvalue weighted by molar-refractivity contribution is 7.79. The van der Waals surface area contributed by atoms with Crippen LogP contribution in [0.2, 0.25) is 0 Å². The lowest BCUT2D eigenvalue weighted by Gasteiger charge is -2.03. The predicted octanol–water partition coefficient (Wildman–Crippen LogP) is 4.28. The van der Waals surface area contributed by atoms with E-state index in [4.69, 9.17) is 4.74 Å². The number of hydrogen-bond acceptors (Lipinski definition) is 4. The van der Waals surface area contributed by atoms with Crippen LogP contribution in [-0.4, -0.2) is 4.98 Å². The Morgan fingerprint density at radius 2 is 2.00 bits per heavy atom. The number of rotatable bonds is 5. The van der Waals surface area contributed by atoms with Crippen molar-refractivity contribution >= 4 is 24.0 Å². The van der Waals surface area contributed by atoms with E-state index >= 15 is 0 Å². The number of ether oxygens (including phenoxy) is 1. The van der Waals surface area contributed by atoms with Crippen molar-refractivity contribution in [3.8, 4) is 5.75 Å². The molecule has 0 atom stereocenters. The summed E-state index contributed by atoms with van der Waals surface area (Å²) in [5, 5.41) is 1.02. The molecule has 1 aromatic heterocycles. The van der Waals surface area contributed by atoms with Crippen LogP contribution in [0.15, 0.2) is 30.3 Å². The minimum absolute atomic E-state index is 0.439. The van der Waals surface area contributed by atoms with Gasteiger partial charge in [0.15, 0.2) is 0 Å². The number of hydrogen-bond donors (Lipinski definition) is 1. The van der Waals surface area contributed by atoms with Crippen LogP contribution >= 0.6 is 24.0 Å². The lowest BCUT2D eigenvalue weighted by atomic mass is 10.1. The van der Waals surface area contributed by atoms with Crippen molar-refractivity contribution in [2.24, 2.45) is 0 Å². The van der Waals surface area contributed by atoms with Crippen LogP contribution < -0.4 is 4.74 Å². The first-order chi connectivity index (χ1) is 8.70. The molecule has 0 aliphatic heterocycles. The van der Waals surface area contributed by atoms with E-state index in [2.05, 4.69) is 31.5 Å². The molecule has 0 radical (unpaired) electrons. The van der Waals surface area contributed by atoms with Crippen molar-refractivity contribution < 1.29 is 4.74 Å². The van der Waals surface area contributed by atoms with Gasteiger partial charge in [0.2, 0.25) is 0 Å². The van der Waals surface area contributed by atoms with Gasteiger partial charge in [0, 0.05) is 10.6 Å². The minimum Gasteiger partial charge on any atom is -0.486 e. The first-order valence-electron chi connectivity index (χ1n) is 5.98. The molecule has 4 heteroatoms. The average molecular weight is 279 g/mol. The third kappa shape index (κ3) is 3.27. The zero-order valence-corrected chi connectivity index (χ0v) is 12.3. The second kappa shape index (κ2) is 6.25. The van der Waals surface area contributed by atoms with E-state index in [0.29, 0.717) is 12.5 Å². The second-order valence-electron chi connectivity index (χ2n) is 4.33. The van der Waals surface area contributed by atoms with E-state index in [9.17, 15) is 0 Å². The Balaban J connectivity index is 2.06. The highest BCUT2D eigenvalue weighted by atomic mass is 32.1. The van der Waals surface area contributed by atoms with Crippen LogP contribution in [0.4, 0.5) is 0 Å². The molecule has 0 fully saturated rings. The third-order valence-electron chi connectivity index (χ3n) is 2.57. The van der Waals surface area contributed by atoms with Gasteiger partial charge in [0.1, 0.15) is 17.4 Å². The molecule has 2 rings (SSSR count). The summed E-state index contributed by atoms with van der Waals surface area (Å²) in [5.41, 5.74) is 1.15. The molecule has 2 aromatic rings. The van der Waals surface area contributed by atoms with Crippen molar-refractivity contribution in [1.82, 2.24) is 4.98 Å². The second-order valence-corrected chi connectivity index (χ2v) is 5.81. The third-order valence-corrected chi connectivity index (χ3v) is 4.14. The van der Waals surface area contributed by atoms with Crippen LogP contribution in [0.5, 0.6) is 5.75 Å². The molecule has 18 heavy (non-hydrogen) atoms. The van der Waals surface area contributed by atoms with Gasteiger partial charge in [-0.05, 0) is 18.1 Å². The lowest BCUT2D eigenvalue weighted by Crippen LogP contribution is -1.96. The Morgan fingerprint density at radius 3 is 2.56 bits per heavy atom. The Bertz CT molecular complexity index is 494. The van der Waals surface area contributed by atoms with E-state index in [1.165, 1.54) is 4.88 Å². The van der Waals surface area contributed by atoms with E-state index in [-0.39, 0.29) is 0 Å². The van der Waals surface area contributed by atoms with Crippen molar-refractivity contribution in [2.75, 3.05) is 0 Å². The van der Waals surface area contributed by atoms with E-state index < -0.39 is 0 Å². The molecule has 0 aliphatic carbocycles. The van der Waals surface area contributed by atoms with Crippen LogP contribution in [0.1, 0.15) is 35.3 Å². The topological polar surface area (TPSA) is 22.1 Å². The number of aromatic nitrogens is 1. The zero-order chi connectivity index (χ0) is 13.0. The Labute approximate surface area is 117 Å². The summed E-state index contributed by atoms with van der Waals surface area (Å²) in [5.74, 6) is 2.07. The Hall–Kier alpha value is -1.00. The maximum absolute atomic E-state index is 5.71. The summed E-state index contributed by atoms with van der Waals surface area (Å²) in [4.78, 5) is 5.89. The standard InChI is InChI=1S/C14H17NOS2/c1-10(2)14-12(9-17)18-13(15-14)8-16-11-6-4-3-5-7-11/h3-7,10,17H,8-9H2,1-2H3. The van der Waals surface area contributed by atoms with Crippen LogP contribution in [-0.2, 0) is 12.4 Å². The molecule has 1 aromatic carbocycles. The molecule has 0 unspecified atom stereocenters. The fourth-order valence-electron chi connectivity index (χ4n) is 1.70. The van der Waals surface area contributed by atoms with Crippen molar-refractivity contribution in [1.29, 1.82) is 0 Å². The Kier molecular flexibility index (Phi) is 4.66. The fraction of sp³-hybridized carbons (Fsp3) is 0.357. The van der Waals surface area contributed by atoms with Crippen LogP contribution in [0, 0.1) is 0 Å². The highest BCUT2D eigenvalue weighted by Crippen LogP contribution is 2.27. The average Bonchev–Trinajstić information content (AvgIpc) is 2.81. The van der Waals surface area contributed by atoms with Gasteiger partial charge in [-0.1, -0.05) is 32.0 Å². The maximum Gasteiger partial charge on any atom is 0.140 e. The summed E-state index contributed by atoms with van der Waals surface area (Å²) in [6.07, 6.45) is 0. The van der Waals surface area contributed by atoms with Gasteiger partial charge in [-0.15, -0.1) is 11.3 Å². The lowest BCUT2D eigenvalue weighted by molar-refractivity contribution is 0.305. The SMILES string of the molecule is CC(C)c1nc(COc2ccccc2)sc1CS. The summed E-state index contributed by atoms with van der Waals surface area (Å²) in [6, 6.07) is 9.82. The molecule has 0 bridgehead atoms. The Morgan fingerprint density at radius 1 is 1.28 bits per heavy atom. The summed E-state index contributed by atoms with van der Waals surface area (Å²) in [6.45, 7) is 4.84. The molecule has 0 saturated heterocycles. The number of benzene rings is 1. The number of thiazole rings is 1. The monoisotopic (exact) mass is 279 g/mol. The minimum atomic E-state index is 0.439. The van der Waals surface area contributed by atoms with Crippen molar-refractivity contribution in [3.05, 3.63) is 45.9 Å². The summed E-state index contributed by atoms with van der Waals surface area (Å²) in [7, 11) is 0. The number of para-hydroxylation sites is 1. The number of thiol groups is 1. The van der Waals surface area contributed by atoms with Crippen molar-refractivity contribution in [3.63, 3.8) is 0 Å². The molecule has 1 heterocycles. The quantitative estimate of drug-likeness (QED) is 0.825. The van der Waals surface area contributed by atoms with Gasteiger partial charge < -0.3 is 4.74 Å². The molecular weight excluding hydrogens is 262 g/mol. The summed E-state index contributed by atoms with van der Waals surface area (Å²) >= 11 is 6.05. The predicted molar refractivity (Wildman–Crippen MR) is 79.7 cm³/mol. The molecule has 0 N–H and O–H groups in total. The highest BCUT2D eigenvalue weighted by Gasteiger charge is 2.13. The molecule has 0 aliphatic rings. The smallest absolute Gasteiger partial charge is 0.140 e. The van der Waals surface area contributed by atoms with E-state index in [0.717, 1.165) is 22.2 Å². The van der Waals surface area contributed by atoms with Gasteiger partial charge in [-0.2, -0.15) is 12.6 Å². The number of nitrogens with zero attached hydrogens (tertiary/aromatic N) is 1. The first kappa shape index (κ1) is 13.4. The van der Waals surface area contributed by atoms with Gasteiger partial charge >= 0.3 is 0 Å². The van der Waals surface area contributed by atoms with Crippen molar-refractivity contribution in [2.45, 2.75) is 32.1 Å². The van der Waals surface area contributed by atoms with Crippen LogP contribution in [0.3, 0.4) is 0 Å². The zero-order valence-electron chi connectivity index (χ0n) is 10.6. The normalized spacial score (nSPS) is 10.9. The van der Waals surface area contributed by atoms with Crippen LogP contribution in [0.25, 0.3) is 0 Å². The van der Waals surface area contributed by atoms with E-state index in [1.807, 2.05) is 30.3 Å². The first-order valence-corrected chi connectivity index (χ1v) is 7.42. The molecule has 96 valence electrons. The fourth-order valence-corrected chi connectivity index (χ4v) is 3.05. The molecule has 0 amide bonds. The van der Waals surface area contributed by atoms with Gasteiger partial charge in [0.05, 0.1) is 5.69 Å². The molecular formula is C14H17NOS2. The van der Waals surface area contributed by atoms with Gasteiger partial charge in [-0.3, -0.25) is 0 Å². The summed E-state index contributed by atoms with van der Waals surface area (Å²) < 4.78 is 5.71. The largest absolute Gasteiger partial charge is 0.486 e. The maximum atomic E-state index is 5.71. The van der Waals surface area contributed by atoms with Gasteiger partial charge in [0.25, 0.3) is 0 Å². The molecule has 0 spiro atoms. The molecule has 2 nitrogen and oxygen atoms in total. The molecule has 0 saturated carbocycles. The van der Waals surface area contributed by atoms with Gasteiger partial charge in [-0.25, -0.2) is 4.98 Å².